The summed E-state index contributed by atoms with van der Waals surface area (Å²) in [5, 5.41) is 2.06. The summed E-state index contributed by atoms with van der Waals surface area (Å²) in [7, 11) is 1.83. The standard InChI is InChI=1S/C12H20N2OS/c1-4-11(13)12(15)14(3)9(2)8-10-6-5-7-16-10/h5-7,9,11H,4,8,13H2,1-3H3. The van der Waals surface area contributed by atoms with Crippen LogP contribution in [0.25, 0.3) is 0 Å². The van der Waals surface area contributed by atoms with Gasteiger partial charge < -0.3 is 10.6 Å². The number of carbonyl (C=O) groups is 1. The number of likely N-dealkylation sites (N-methyl/N-ethyl adjacent to an activating group) is 1. The second kappa shape index (κ2) is 6.01. The van der Waals surface area contributed by atoms with Gasteiger partial charge in [0.1, 0.15) is 0 Å². The summed E-state index contributed by atoms with van der Waals surface area (Å²) in [5.41, 5.74) is 5.74. The molecule has 2 N–H and O–H groups in total. The molecule has 2 unspecified atom stereocenters. The molecule has 0 bridgehead atoms. The molecule has 0 radical (unpaired) electrons. The quantitative estimate of drug-likeness (QED) is 0.854. The Balaban J connectivity index is 2.53. The summed E-state index contributed by atoms with van der Waals surface area (Å²) in [6.45, 7) is 3.99. The number of thiophene rings is 1. The first kappa shape index (κ1) is 13.2. The highest BCUT2D eigenvalue weighted by Crippen LogP contribution is 2.14. The maximum absolute atomic E-state index is 11.8. The molecule has 1 amide bonds. The zero-order valence-electron chi connectivity index (χ0n) is 10.1. The van der Waals surface area contributed by atoms with Crippen LogP contribution in [-0.2, 0) is 11.2 Å². The van der Waals surface area contributed by atoms with Gasteiger partial charge in [-0.1, -0.05) is 13.0 Å². The first-order valence-corrected chi connectivity index (χ1v) is 6.48. The highest BCUT2D eigenvalue weighted by atomic mass is 32.1. The van der Waals surface area contributed by atoms with Gasteiger partial charge in [-0.15, -0.1) is 11.3 Å². The number of hydrogen-bond acceptors (Lipinski definition) is 3. The van der Waals surface area contributed by atoms with Gasteiger partial charge in [0.15, 0.2) is 0 Å². The molecule has 16 heavy (non-hydrogen) atoms. The van der Waals surface area contributed by atoms with Crippen molar-refractivity contribution in [3.8, 4) is 0 Å². The number of nitrogens with two attached hydrogens (primary N) is 1. The Labute approximate surface area is 101 Å². The molecule has 1 aromatic rings. The topological polar surface area (TPSA) is 46.3 Å². The highest BCUT2D eigenvalue weighted by molar-refractivity contribution is 7.09. The molecule has 0 aliphatic carbocycles. The molecule has 4 heteroatoms. The van der Waals surface area contributed by atoms with E-state index >= 15 is 0 Å². The van der Waals surface area contributed by atoms with Gasteiger partial charge in [0.25, 0.3) is 0 Å². The molecule has 0 aromatic carbocycles. The van der Waals surface area contributed by atoms with Crippen LogP contribution in [0.4, 0.5) is 0 Å². The predicted octanol–water partition coefficient (Wildman–Crippen LogP) is 1.87. The maximum atomic E-state index is 11.8. The van der Waals surface area contributed by atoms with Crippen molar-refractivity contribution in [1.29, 1.82) is 0 Å². The van der Waals surface area contributed by atoms with E-state index < -0.39 is 0 Å². The minimum absolute atomic E-state index is 0.0338. The molecule has 3 nitrogen and oxygen atoms in total. The number of hydrogen-bond donors (Lipinski definition) is 1. The second-order valence-corrected chi connectivity index (χ2v) is 5.13. The van der Waals surface area contributed by atoms with Crippen molar-refractivity contribution in [2.45, 2.75) is 38.8 Å². The van der Waals surface area contributed by atoms with Crippen LogP contribution in [0.2, 0.25) is 0 Å². The highest BCUT2D eigenvalue weighted by Gasteiger charge is 2.20. The summed E-state index contributed by atoms with van der Waals surface area (Å²) in [6, 6.07) is 3.96. The van der Waals surface area contributed by atoms with Crippen molar-refractivity contribution >= 4 is 17.2 Å². The van der Waals surface area contributed by atoms with Crippen LogP contribution in [-0.4, -0.2) is 29.9 Å². The molecule has 0 spiro atoms. The normalized spacial score (nSPS) is 14.5. The fourth-order valence-electron chi connectivity index (χ4n) is 1.51. The Morgan fingerprint density at radius 1 is 1.62 bits per heavy atom. The molecule has 1 rings (SSSR count). The first-order valence-electron chi connectivity index (χ1n) is 5.60. The summed E-state index contributed by atoms with van der Waals surface area (Å²) in [6.07, 6.45) is 1.59. The Morgan fingerprint density at radius 3 is 2.81 bits per heavy atom. The minimum Gasteiger partial charge on any atom is -0.341 e. The Bertz CT molecular complexity index is 324. The van der Waals surface area contributed by atoms with Crippen LogP contribution in [0.15, 0.2) is 17.5 Å². The van der Waals surface area contributed by atoms with Gasteiger partial charge in [-0.05, 0) is 24.8 Å². The average Bonchev–Trinajstić information content (AvgIpc) is 2.78. The van der Waals surface area contributed by atoms with E-state index in [0.717, 1.165) is 6.42 Å². The molecular weight excluding hydrogens is 220 g/mol. The van der Waals surface area contributed by atoms with Gasteiger partial charge in [0.05, 0.1) is 6.04 Å². The third-order valence-electron chi connectivity index (χ3n) is 2.84. The zero-order chi connectivity index (χ0) is 12.1. The van der Waals surface area contributed by atoms with Crippen molar-refractivity contribution in [2.75, 3.05) is 7.05 Å². The molecule has 0 aliphatic heterocycles. The SMILES string of the molecule is CCC(N)C(=O)N(C)C(C)Cc1cccs1. The third kappa shape index (κ3) is 3.32. The van der Waals surface area contributed by atoms with Crippen LogP contribution in [0.1, 0.15) is 25.1 Å². The van der Waals surface area contributed by atoms with E-state index in [1.54, 1.807) is 16.2 Å². The van der Waals surface area contributed by atoms with Crippen molar-refractivity contribution in [2.24, 2.45) is 5.73 Å². The summed E-state index contributed by atoms with van der Waals surface area (Å²) < 4.78 is 0. The molecule has 1 heterocycles. The lowest BCUT2D eigenvalue weighted by Crippen LogP contribution is -2.45. The fraction of sp³-hybridized carbons (Fsp3) is 0.583. The smallest absolute Gasteiger partial charge is 0.239 e. The largest absolute Gasteiger partial charge is 0.341 e. The van der Waals surface area contributed by atoms with Crippen molar-refractivity contribution < 1.29 is 4.79 Å². The van der Waals surface area contributed by atoms with Crippen molar-refractivity contribution in [3.63, 3.8) is 0 Å². The number of nitrogens with zero attached hydrogens (tertiary/aromatic N) is 1. The average molecular weight is 240 g/mol. The number of rotatable bonds is 5. The molecule has 0 saturated carbocycles. The van der Waals surface area contributed by atoms with Crippen LogP contribution >= 0.6 is 11.3 Å². The van der Waals surface area contributed by atoms with Crippen molar-refractivity contribution in [3.05, 3.63) is 22.4 Å². The predicted molar refractivity (Wildman–Crippen MR) is 68.5 cm³/mol. The zero-order valence-corrected chi connectivity index (χ0v) is 11.0. The molecule has 1 aromatic heterocycles. The third-order valence-corrected chi connectivity index (χ3v) is 3.74. The van der Waals surface area contributed by atoms with E-state index in [-0.39, 0.29) is 18.0 Å². The number of amides is 1. The second-order valence-electron chi connectivity index (χ2n) is 4.10. The van der Waals surface area contributed by atoms with Crippen LogP contribution in [0, 0.1) is 0 Å². The van der Waals surface area contributed by atoms with Gasteiger partial charge in [-0.2, -0.15) is 0 Å². The Hall–Kier alpha value is -0.870. The number of carbonyl (C=O) groups excluding carboxylic acids is 1. The van der Waals surface area contributed by atoms with Gasteiger partial charge in [-0.3, -0.25) is 4.79 Å². The van der Waals surface area contributed by atoms with Crippen LogP contribution < -0.4 is 5.73 Å². The van der Waals surface area contributed by atoms with Gasteiger partial charge >= 0.3 is 0 Å². The molecule has 2 atom stereocenters. The summed E-state index contributed by atoms with van der Waals surface area (Å²) in [5.74, 6) is 0.0338. The lowest BCUT2D eigenvalue weighted by Gasteiger charge is -2.27. The van der Waals surface area contributed by atoms with Crippen LogP contribution in [0.5, 0.6) is 0 Å². The molecule has 0 saturated heterocycles. The van der Waals surface area contributed by atoms with Gasteiger partial charge in [-0.25, -0.2) is 0 Å². The molecular formula is C12H20N2OS. The van der Waals surface area contributed by atoms with E-state index in [1.165, 1.54) is 4.88 Å². The molecule has 0 fully saturated rings. The lowest BCUT2D eigenvalue weighted by atomic mass is 10.1. The first-order chi connectivity index (χ1) is 7.56. The van der Waals surface area contributed by atoms with Crippen molar-refractivity contribution in [1.82, 2.24) is 4.90 Å². The summed E-state index contributed by atoms with van der Waals surface area (Å²) >= 11 is 1.73. The van der Waals surface area contributed by atoms with E-state index in [1.807, 2.05) is 20.0 Å². The lowest BCUT2D eigenvalue weighted by molar-refractivity contribution is -0.133. The van der Waals surface area contributed by atoms with E-state index in [0.29, 0.717) is 6.42 Å². The maximum Gasteiger partial charge on any atom is 0.239 e. The van der Waals surface area contributed by atoms with E-state index in [4.69, 9.17) is 5.73 Å². The summed E-state index contributed by atoms with van der Waals surface area (Å²) in [4.78, 5) is 14.9. The van der Waals surface area contributed by atoms with E-state index in [2.05, 4.69) is 18.4 Å². The van der Waals surface area contributed by atoms with Crippen LogP contribution in [0.3, 0.4) is 0 Å². The minimum atomic E-state index is -0.365. The monoisotopic (exact) mass is 240 g/mol. The van der Waals surface area contributed by atoms with Gasteiger partial charge in [0.2, 0.25) is 5.91 Å². The fourth-order valence-corrected chi connectivity index (χ4v) is 2.34. The van der Waals surface area contributed by atoms with Gasteiger partial charge in [0, 0.05) is 24.4 Å². The molecule has 90 valence electrons. The molecule has 0 aliphatic rings. The van der Waals surface area contributed by atoms with E-state index in [9.17, 15) is 4.79 Å². The Kier molecular flexibility index (Phi) is 4.96. The Morgan fingerprint density at radius 2 is 2.31 bits per heavy atom.